The van der Waals surface area contributed by atoms with Gasteiger partial charge in [-0.25, -0.2) is 9.59 Å². The van der Waals surface area contributed by atoms with Crippen molar-refractivity contribution in [2.75, 3.05) is 13.2 Å². The fourth-order valence-corrected chi connectivity index (χ4v) is 4.78. The lowest BCUT2D eigenvalue weighted by atomic mass is 9.62. The molecule has 2 atom stereocenters. The average Bonchev–Trinajstić information content (AvgIpc) is 2.56. The zero-order chi connectivity index (χ0) is 21.0. The second-order valence-corrected chi connectivity index (χ2v) is 9.67. The lowest BCUT2D eigenvalue weighted by Crippen LogP contribution is -2.50. The third-order valence-electron chi connectivity index (χ3n) is 5.66. The third-order valence-corrected chi connectivity index (χ3v) is 5.66. The number of amides is 2. The Balaban J connectivity index is 2.23. The van der Waals surface area contributed by atoms with E-state index in [-0.39, 0.29) is 23.0 Å². The van der Waals surface area contributed by atoms with Crippen molar-refractivity contribution in [1.29, 1.82) is 0 Å². The van der Waals surface area contributed by atoms with E-state index in [0.717, 1.165) is 32.1 Å². The minimum atomic E-state index is -0.984. The highest BCUT2D eigenvalue weighted by molar-refractivity contribution is 5.67. The Labute approximate surface area is 171 Å². The van der Waals surface area contributed by atoms with Gasteiger partial charge >= 0.3 is 12.2 Å². The summed E-state index contributed by atoms with van der Waals surface area (Å²) in [4.78, 5) is 23.0. The van der Waals surface area contributed by atoms with Gasteiger partial charge in [0.05, 0.1) is 6.61 Å². The summed E-state index contributed by atoms with van der Waals surface area (Å²) in [6, 6.07) is -0.0820. The molecule has 6 heteroatoms. The number of alkyl carbamates (subject to hydrolysis) is 1. The maximum atomic E-state index is 12.0. The first-order valence-corrected chi connectivity index (χ1v) is 11.1. The fraction of sp³-hybridized carbons (Fsp3) is 0.909. The van der Waals surface area contributed by atoms with E-state index in [4.69, 9.17) is 9.84 Å². The van der Waals surface area contributed by atoms with Crippen molar-refractivity contribution in [1.82, 2.24) is 10.6 Å². The van der Waals surface area contributed by atoms with E-state index >= 15 is 0 Å². The number of nitrogens with one attached hydrogen (secondary N) is 2. The van der Waals surface area contributed by atoms with Gasteiger partial charge in [-0.3, -0.25) is 0 Å². The van der Waals surface area contributed by atoms with E-state index in [2.05, 4.69) is 38.3 Å². The molecule has 0 aromatic carbocycles. The van der Waals surface area contributed by atoms with Gasteiger partial charge < -0.3 is 20.5 Å². The van der Waals surface area contributed by atoms with Crippen molar-refractivity contribution in [2.24, 2.45) is 10.8 Å². The fourth-order valence-electron chi connectivity index (χ4n) is 4.78. The van der Waals surface area contributed by atoms with Crippen molar-refractivity contribution >= 4 is 12.2 Å². The first-order chi connectivity index (χ1) is 13.2. The standard InChI is InChI=1S/C22H42N2O4/c1-5-6-7-8-9-10-11-12-13-28-20(27)23-17-22(4)15-18(24-19(25)26)14-21(2,3)16-22/h18,24H,5-17H2,1-4H3,(H,23,27)(H,25,26). The topological polar surface area (TPSA) is 87.7 Å². The molecule has 0 aromatic heterocycles. The average molecular weight is 399 g/mol. The van der Waals surface area contributed by atoms with Crippen molar-refractivity contribution in [2.45, 2.75) is 104 Å². The molecule has 0 bridgehead atoms. The zero-order valence-corrected chi connectivity index (χ0v) is 18.4. The van der Waals surface area contributed by atoms with Crippen LogP contribution in [0.2, 0.25) is 0 Å². The van der Waals surface area contributed by atoms with Gasteiger partial charge in [0.1, 0.15) is 0 Å². The Bertz CT molecular complexity index is 481. The van der Waals surface area contributed by atoms with Crippen LogP contribution in [0.4, 0.5) is 9.59 Å². The van der Waals surface area contributed by atoms with Crippen LogP contribution in [0.1, 0.15) is 98.3 Å². The van der Waals surface area contributed by atoms with Crippen LogP contribution in [0.15, 0.2) is 0 Å². The number of rotatable bonds is 12. The monoisotopic (exact) mass is 398 g/mol. The Morgan fingerprint density at radius 3 is 2.21 bits per heavy atom. The normalized spacial score (nSPS) is 23.8. The van der Waals surface area contributed by atoms with E-state index < -0.39 is 6.09 Å². The molecule has 0 spiro atoms. The molecular weight excluding hydrogens is 356 g/mol. The first-order valence-electron chi connectivity index (χ1n) is 11.1. The molecule has 1 aliphatic rings. The molecule has 0 radical (unpaired) electrons. The second-order valence-electron chi connectivity index (χ2n) is 9.67. The van der Waals surface area contributed by atoms with E-state index in [1.54, 1.807) is 0 Å². The van der Waals surface area contributed by atoms with Crippen LogP contribution in [0.3, 0.4) is 0 Å². The summed E-state index contributed by atoms with van der Waals surface area (Å²) >= 11 is 0. The van der Waals surface area contributed by atoms with Crippen LogP contribution in [0.5, 0.6) is 0 Å². The van der Waals surface area contributed by atoms with Gasteiger partial charge in [-0.1, -0.05) is 72.6 Å². The minimum Gasteiger partial charge on any atom is -0.465 e. The maximum Gasteiger partial charge on any atom is 0.407 e. The Morgan fingerprint density at radius 2 is 1.61 bits per heavy atom. The van der Waals surface area contributed by atoms with Crippen LogP contribution in [0.25, 0.3) is 0 Å². The van der Waals surface area contributed by atoms with E-state index in [9.17, 15) is 9.59 Å². The number of carbonyl (C=O) groups excluding carboxylic acids is 1. The van der Waals surface area contributed by atoms with Crippen molar-refractivity contribution in [3.63, 3.8) is 0 Å². The molecule has 3 N–H and O–H groups in total. The number of hydrogen-bond acceptors (Lipinski definition) is 3. The Kier molecular flexibility index (Phi) is 10.7. The molecule has 1 saturated carbocycles. The van der Waals surface area contributed by atoms with Crippen LogP contribution < -0.4 is 10.6 Å². The van der Waals surface area contributed by atoms with Gasteiger partial charge in [0.25, 0.3) is 0 Å². The van der Waals surface area contributed by atoms with E-state index in [1.807, 2.05) is 0 Å². The lowest BCUT2D eigenvalue weighted by molar-refractivity contribution is 0.0662. The quantitative estimate of drug-likeness (QED) is 0.368. The summed E-state index contributed by atoms with van der Waals surface area (Å²) in [5.41, 5.74) is -0.116. The minimum absolute atomic E-state index is 0.0306. The molecule has 0 aliphatic heterocycles. The van der Waals surface area contributed by atoms with Gasteiger partial charge in [0.2, 0.25) is 0 Å². The summed E-state index contributed by atoms with van der Waals surface area (Å²) < 4.78 is 5.31. The number of unbranched alkanes of at least 4 members (excludes halogenated alkanes) is 7. The molecule has 28 heavy (non-hydrogen) atoms. The molecular formula is C22H42N2O4. The summed E-state index contributed by atoms with van der Waals surface area (Å²) in [6.45, 7) is 9.62. The number of ether oxygens (including phenoxy) is 1. The predicted molar refractivity (Wildman–Crippen MR) is 113 cm³/mol. The zero-order valence-electron chi connectivity index (χ0n) is 18.4. The first kappa shape index (κ1) is 24.6. The van der Waals surface area contributed by atoms with Crippen LogP contribution in [0, 0.1) is 10.8 Å². The van der Waals surface area contributed by atoms with Gasteiger partial charge in [-0.05, 0) is 36.5 Å². The molecule has 0 saturated heterocycles. The highest BCUT2D eigenvalue weighted by Crippen LogP contribution is 2.45. The van der Waals surface area contributed by atoms with Gasteiger partial charge in [0, 0.05) is 12.6 Å². The highest BCUT2D eigenvalue weighted by atomic mass is 16.5. The lowest BCUT2D eigenvalue weighted by Gasteiger charge is -2.46. The smallest absolute Gasteiger partial charge is 0.407 e. The molecule has 1 fully saturated rings. The van der Waals surface area contributed by atoms with Gasteiger partial charge in [-0.2, -0.15) is 0 Å². The molecule has 2 unspecified atom stereocenters. The largest absolute Gasteiger partial charge is 0.465 e. The summed E-state index contributed by atoms with van der Waals surface area (Å²) in [5.74, 6) is 0. The summed E-state index contributed by atoms with van der Waals surface area (Å²) in [7, 11) is 0. The van der Waals surface area contributed by atoms with Crippen molar-refractivity contribution < 1.29 is 19.4 Å². The molecule has 2 amide bonds. The molecule has 1 rings (SSSR count). The van der Waals surface area contributed by atoms with Crippen molar-refractivity contribution in [3.8, 4) is 0 Å². The van der Waals surface area contributed by atoms with Crippen LogP contribution in [-0.2, 0) is 4.74 Å². The highest BCUT2D eigenvalue weighted by Gasteiger charge is 2.41. The number of hydrogen-bond donors (Lipinski definition) is 3. The van der Waals surface area contributed by atoms with Crippen LogP contribution in [-0.4, -0.2) is 36.5 Å². The molecule has 1 aliphatic carbocycles. The van der Waals surface area contributed by atoms with E-state index in [1.165, 1.54) is 38.5 Å². The molecule has 164 valence electrons. The van der Waals surface area contributed by atoms with Crippen molar-refractivity contribution in [3.05, 3.63) is 0 Å². The number of carbonyl (C=O) groups is 2. The van der Waals surface area contributed by atoms with Gasteiger partial charge in [-0.15, -0.1) is 0 Å². The second kappa shape index (κ2) is 12.2. The predicted octanol–water partition coefficient (Wildman–Crippen LogP) is 5.71. The Morgan fingerprint density at radius 1 is 1.00 bits per heavy atom. The summed E-state index contributed by atoms with van der Waals surface area (Å²) in [6.07, 6.45) is 10.9. The Hall–Kier alpha value is -1.46. The number of carboxylic acid groups (broad SMARTS) is 1. The third kappa shape index (κ3) is 10.8. The summed E-state index contributed by atoms with van der Waals surface area (Å²) in [5, 5.41) is 14.6. The van der Waals surface area contributed by atoms with Crippen LogP contribution >= 0.6 is 0 Å². The molecule has 0 aromatic rings. The SMILES string of the molecule is CCCCCCCCCCOC(=O)NCC1(C)CC(NC(=O)O)CC(C)(C)C1. The van der Waals surface area contributed by atoms with E-state index in [0.29, 0.717) is 13.2 Å². The maximum absolute atomic E-state index is 12.0. The van der Waals surface area contributed by atoms with Gasteiger partial charge in [0.15, 0.2) is 0 Å². The molecule has 0 heterocycles. The molecule has 6 nitrogen and oxygen atoms in total.